The number of thiol groups is 1. The number of carbonyl (C=O) groups is 1. The molecule has 0 fully saturated rings. The van der Waals surface area contributed by atoms with Crippen LogP contribution in [0.25, 0.3) is 0 Å². The molecule has 2 atom stereocenters. The van der Waals surface area contributed by atoms with Gasteiger partial charge in [0.25, 0.3) is 0 Å². The van der Waals surface area contributed by atoms with Crippen molar-refractivity contribution in [2.24, 2.45) is 5.92 Å². The highest BCUT2D eigenvalue weighted by molar-refractivity contribution is 7.81. The quantitative estimate of drug-likeness (QED) is 0.457. The molecule has 0 heterocycles. The summed E-state index contributed by atoms with van der Waals surface area (Å²) in [6.45, 7) is 4.05. The Kier molecular flexibility index (Phi) is 10.8. The van der Waals surface area contributed by atoms with Gasteiger partial charge in [0.1, 0.15) is 0 Å². The van der Waals surface area contributed by atoms with E-state index in [0.29, 0.717) is 6.42 Å². The van der Waals surface area contributed by atoms with Crippen LogP contribution in [-0.4, -0.2) is 11.2 Å². The lowest BCUT2D eigenvalue weighted by Crippen LogP contribution is -2.35. The van der Waals surface area contributed by atoms with Crippen LogP contribution in [0.3, 0.4) is 0 Å². The van der Waals surface area contributed by atoms with Gasteiger partial charge in [0.15, 0.2) is 0 Å². The molecule has 102 valence electrons. The first-order chi connectivity index (χ1) is 8.09. The van der Waals surface area contributed by atoms with Crippen LogP contribution in [0, 0.1) is 5.92 Å². The van der Waals surface area contributed by atoms with E-state index >= 15 is 0 Å². The standard InChI is InChI=1S/C14H28O2S/c1-3-4-5-6-7-8-9-10-11-13(12(2)17)14(15)16/h12-13,17H,3-11H2,1-2H3,(H,15,16)/p-1. The van der Waals surface area contributed by atoms with Crippen LogP contribution in [0.4, 0.5) is 0 Å². The van der Waals surface area contributed by atoms with Gasteiger partial charge in [-0.25, -0.2) is 0 Å². The van der Waals surface area contributed by atoms with Gasteiger partial charge >= 0.3 is 0 Å². The molecule has 0 saturated heterocycles. The Morgan fingerprint density at radius 3 is 1.94 bits per heavy atom. The van der Waals surface area contributed by atoms with Gasteiger partial charge in [-0.1, -0.05) is 65.2 Å². The van der Waals surface area contributed by atoms with Crippen molar-refractivity contribution in [1.29, 1.82) is 0 Å². The summed E-state index contributed by atoms with van der Waals surface area (Å²) >= 11 is 4.19. The van der Waals surface area contributed by atoms with E-state index in [4.69, 9.17) is 0 Å². The summed E-state index contributed by atoms with van der Waals surface area (Å²) in [7, 11) is 0. The van der Waals surface area contributed by atoms with E-state index in [9.17, 15) is 9.90 Å². The predicted molar refractivity (Wildman–Crippen MR) is 74.2 cm³/mol. The Balaban J connectivity index is 3.40. The zero-order valence-electron chi connectivity index (χ0n) is 11.3. The van der Waals surface area contributed by atoms with E-state index in [-0.39, 0.29) is 5.25 Å². The minimum Gasteiger partial charge on any atom is -0.550 e. The van der Waals surface area contributed by atoms with Crippen molar-refractivity contribution in [2.75, 3.05) is 0 Å². The summed E-state index contributed by atoms with van der Waals surface area (Å²) in [5.74, 6) is -1.34. The van der Waals surface area contributed by atoms with E-state index in [2.05, 4.69) is 19.6 Å². The monoisotopic (exact) mass is 259 g/mol. The fraction of sp³-hybridized carbons (Fsp3) is 0.929. The third kappa shape index (κ3) is 9.51. The molecule has 0 rings (SSSR count). The molecule has 2 nitrogen and oxygen atoms in total. The SMILES string of the molecule is CCCCCCCCCCC(C(=O)[O-])C(C)S. The smallest absolute Gasteiger partial charge is 0.0456 e. The fourth-order valence-electron chi connectivity index (χ4n) is 2.05. The molecule has 0 aromatic heterocycles. The molecule has 17 heavy (non-hydrogen) atoms. The van der Waals surface area contributed by atoms with Gasteiger partial charge in [0.05, 0.1) is 0 Å². The summed E-state index contributed by atoms with van der Waals surface area (Å²) < 4.78 is 0. The highest BCUT2D eigenvalue weighted by atomic mass is 32.1. The number of hydrogen-bond donors (Lipinski definition) is 1. The average molecular weight is 259 g/mol. The number of rotatable bonds is 11. The normalized spacial score (nSPS) is 14.5. The van der Waals surface area contributed by atoms with Gasteiger partial charge in [0.2, 0.25) is 0 Å². The molecule has 0 spiro atoms. The molecule has 0 N–H and O–H groups in total. The van der Waals surface area contributed by atoms with Crippen molar-refractivity contribution in [3.8, 4) is 0 Å². The largest absolute Gasteiger partial charge is 0.550 e. The van der Waals surface area contributed by atoms with Gasteiger partial charge in [-0.05, 0) is 6.42 Å². The lowest BCUT2D eigenvalue weighted by atomic mass is 9.97. The predicted octanol–water partition coefficient (Wildman–Crippen LogP) is 3.20. The molecule has 0 aliphatic rings. The summed E-state index contributed by atoms with van der Waals surface area (Å²) in [6.07, 6.45) is 10.6. The van der Waals surface area contributed by atoms with Crippen LogP contribution in [0.1, 0.15) is 71.6 Å². The van der Waals surface area contributed by atoms with Crippen molar-refractivity contribution in [1.82, 2.24) is 0 Å². The second kappa shape index (κ2) is 10.9. The van der Waals surface area contributed by atoms with Crippen molar-refractivity contribution in [2.45, 2.75) is 76.9 Å². The minimum absolute atomic E-state index is 0.107. The molecule has 2 unspecified atom stereocenters. The van der Waals surface area contributed by atoms with E-state index in [1.807, 2.05) is 6.92 Å². The van der Waals surface area contributed by atoms with Gasteiger partial charge in [-0.2, -0.15) is 12.6 Å². The number of hydrogen-bond acceptors (Lipinski definition) is 3. The molecule has 0 saturated carbocycles. The zero-order chi connectivity index (χ0) is 13.1. The lowest BCUT2D eigenvalue weighted by Gasteiger charge is -2.20. The molecule has 0 aromatic carbocycles. The Hall–Kier alpha value is -0.180. The minimum atomic E-state index is -0.949. The zero-order valence-corrected chi connectivity index (χ0v) is 12.2. The maximum atomic E-state index is 10.8. The van der Waals surface area contributed by atoms with E-state index in [0.717, 1.165) is 12.8 Å². The first kappa shape index (κ1) is 16.8. The van der Waals surface area contributed by atoms with Crippen molar-refractivity contribution in [3.05, 3.63) is 0 Å². The Labute approximate surface area is 112 Å². The molecule has 3 heteroatoms. The lowest BCUT2D eigenvalue weighted by molar-refractivity contribution is -0.311. The summed E-state index contributed by atoms with van der Waals surface area (Å²) in [6, 6.07) is 0. The van der Waals surface area contributed by atoms with Crippen LogP contribution in [-0.2, 0) is 4.79 Å². The molecular formula is C14H27O2S-. The number of carboxylic acid groups (broad SMARTS) is 1. The molecule has 0 aliphatic carbocycles. The Bertz CT molecular complexity index is 193. The van der Waals surface area contributed by atoms with Crippen molar-refractivity contribution >= 4 is 18.6 Å². The second-order valence-corrected chi connectivity index (χ2v) is 5.74. The van der Waals surface area contributed by atoms with E-state index in [1.165, 1.54) is 38.5 Å². The maximum Gasteiger partial charge on any atom is 0.0456 e. The molecule has 0 bridgehead atoms. The van der Waals surface area contributed by atoms with E-state index < -0.39 is 11.9 Å². The highest BCUT2D eigenvalue weighted by Gasteiger charge is 2.14. The van der Waals surface area contributed by atoms with Gasteiger partial charge in [0, 0.05) is 17.1 Å². The highest BCUT2D eigenvalue weighted by Crippen LogP contribution is 2.18. The number of unbranched alkanes of at least 4 members (excludes halogenated alkanes) is 7. The van der Waals surface area contributed by atoms with Crippen molar-refractivity contribution in [3.63, 3.8) is 0 Å². The third-order valence-electron chi connectivity index (χ3n) is 3.25. The van der Waals surface area contributed by atoms with Gasteiger partial charge < -0.3 is 9.90 Å². The first-order valence-corrected chi connectivity index (χ1v) is 7.50. The number of carboxylic acids is 1. The van der Waals surface area contributed by atoms with Gasteiger partial charge in [-0.15, -0.1) is 0 Å². The second-order valence-electron chi connectivity index (χ2n) is 4.93. The van der Waals surface area contributed by atoms with Gasteiger partial charge in [-0.3, -0.25) is 0 Å². The van der Waals surface area contributed by atoms with Crippen molar-refractivity contribution < 1.29 is 9.90 Å². The summed E-state index contributed by atoms with van der Waals surface area (Å²) in [4.78, 5) is 10.8. The molecule has 0 aromatic rings. The molecule has 0 aliphatic heterocycles. The fourth-order valence-corrected chi connectivity index (χ4v) is 2.32. The Morgan fingerprint density at radius 1 is 1.06 bits per heavy atom. The number of aliphatic carboxylic acids is 1. The summed E-state index contributed by atoms with van der Waals surface area (Å²) in [5.41, 5.74) is 0. The average Bonchev–Trinajstić information content (AvgIpc) is 2.26. The van der Waals surface area contributed by atoms with E-state index in [1.54, 1.807) is 0 Å². The van der Waals surface area contributed by atoms with Crippen LogP contribution in [0.5, 0.6) is 0 Å². The van der Waals surface area contributed by atoms with Crippen LogP contribution in [0.2, 0.25) is 0 Å². The topological polar surface area (TPSA) is 40.1 Å². The third-order valence-corrected chi connectivity index (χ3v) is 3.61. The molecular weight excluding hydrogens is 232 g/mol. The van der Waals surface area contributed by atoms with Crippen LogP contribution < -0.4 is 5.11 Å². The van der Waals surface area contributed by atoms with Crippen LogP contribution in [0.15, 0.2) is 0 Å². The number of carbonyl (C=O) groups excluding carboxylic acids is 1. The first-order valence-electron chi connectivity index (χ1n) is 6.98. The van der Waals surface area contributed by atoms with Crippen LogP contribution >= 0.6 is 12.6 Å². The molecule has 0 amide bonds. The maximum absolute atomic E-state index is 10.8. The summed E-state index contributed by atoms with van der Waals surface area (Å²) in [5, 5.41) is 10.7. The Morgan fingerprint density at radius 2 is 1.53 bits per heavy atom. The molecule has 0 radical (unpaired) electrons.